The van der Waals surface area contributed by atoms with E-state index in [0.717, 1.165) is 0 Å². The molecule has 1 amide bonds. The van der Waals surface area contributed by atoms with Crippen LogP contribution in [0.1, 0.15) is 11.3 Å². The van der Waals surface area contributed by atoms with Crippen LogP contribution in [0.2, 0.25) is 0 Å². The predicted molar refractivity (Wildman–Crippen MR) is 105 cm³/mol. The summed E-state index contributed by atoms with van der Waals surface area (Å²) in [5, 5.41) is 20.7. The Kier molecular flexibility index (Phi) is 5.31. The average molecular weight is 412 g/mol. The number of carboxylic acid groups (broad SMARTS) is 1. The molecule has 1 atom stereocenters. The zero-order chi connectivity index (χ0) is 21.2. The minimum atomic E-state index is -3.38. The molecule has 0 aliphatic carbocycles. The molecule has 11 heteroatoms. The van der Waals surface area contributed by atoms with Gasteiger partial charge in [-0.15, -0.1) is 4.36 Å². The van der Waals surface area contributed by atoms with E-state index in [1.165, 1.54) is 30.1 Å². The highest BCUT2D eigenvalue weighted by Gasteiger charge is 2.17. The first kappa shape index (κ1) is 20.0. The maximum absolute atomic E-state index is 12.9. The third-order valence-electron chi connectivity index (χ3n) is 4.13. The number of H-pyrrole nitrogens is 1. The zero-order valence-corrected chi connectivity index (χ0v) is 16.2. The van der Waals surface area contributed by atoms with E-state index in [9.17, 15) is 13.8 Å². The second-order valence-electron chi connectivity index (χ2n) is 5.90. The van der Waals surface area contributed by atoms with Gasteiger partial charge in [0.05, 0.1) is 22.1 Å². The summed E-state index contributed by atoms with van der Waals surface area (Å²) in [6, 6.07) is 11.5. The quantitative estimate of drug-likeness (QED) is 0.596. The zero-order valence-electron chi connectivity index (χ0n) is 15.4. The first-order valence-corrected chi connectivity index (χ1v) is 9.77. The fourth-order valence-corrected chi connectivity index (χ4v) is 3.85. The molecular weight excluding hydrogens is 396 g/mol. The number of amides is 1. The summed E-state index contributed by atoms with van der Waals surface area (Å²) >= 11 is 0. The van der Waals surface area contributed by atoms with Gasteiger partial charge in [-0.3, -0.25) is 9.89 Å². The second-order valence-corrected chi connectivity index (χ2v) is 8.01. The number of aromatic amines is 1. The summed E-state index contributed by atoms with van der Waals surface area (Å²) < 4.78 is 19.4. The highest BCUT2D eigenvalue weighted by Crippen LogP contribution is 2.20. The molecule has 1 aromatic carbocycles. The van der Waals surface area contributed by atoms with Crippen molar-refractivity contribution in [1.82, 2.24) is 19.5 Å². The molecule has 1 unspecified atom stereocenters. The van der Waals surface area contributed by atoms with Crippen LogP contribution < -0.4 is 10.3 Å². The summed E-state index contributed by atoms with van der Waals surface area (Å²) in [6.45, 7) is 1.74. The van der Waals surface area contributed by atoms with Crippen molar-refractivity contribution >= 4 is 16.0 Å². The molecule has 10 nitrogen and oxygen atoms in total. The van der Waals surface area contributed by atoms with Crippen LogP contribution >= 0.6 is 0 Å². The maximum Gasteiger partial charge on any atom is 0.440 e. The number of pyridine rings is 1. The summed E-state index contributed by atoms with van der Waals surface area (Å²) in [5.41, 5.74) is 1.82. The molecule has 0 bridgehead atoms. The molecule has 0 aliphatic heterocycles. The van der Waals surface area contributed by atoms with Gasteiger partial charge in [0.2, 0.25) is 0 Å². The van der Waals surface area contributed by atoms with Crippen molar-refractivity contribution < 1.29 is 14.1 Å². The number of hydrogen-bond acceptors (Lipinski definition) is 5. The van der Waals surface area contributed by atoms with Crippen molar-refractivity contribution in [3.05, 3.63) is 64.2 Å². The van der Waals surface area contributed by atoms with Crippen LogP contribution in [-0.2, 0) is 9.92 Å². The molecule has 0 saturated heterocycles. The van der Waals surface area contributed by atoms with Gasteiger partial charge in [0.25, 0.3) is 5.56 Å². The Balaban J connectivity index is 2.05. The van der Waals surface area contributed by atoms with Gasteiger partial charge >= 0.3 is 6.09 Å². The predicted octanol–water partition coefficient (Wildman–Crippen LogP) is 2.05. The van der Waals surface area contributed by atoms with Crippen molar-refractivity contribution in [2.75, 3.05) is 7.05 Å². The minimum absolute atomic E-state index is 0.0646. The number of hydrogen-bond donors (Lipinski definition) is 3. The molecule has 0 aliphatic rings. The van der Waals surface area contributed by atoms with Crippen LogP contribution in [0, 0.1) is 18.3 Å². The Morgan fingerprint density at radius 2 is 2.00 bits per heavy atom. The topological polar surface area (TPSA) is 153 Å². The maximum atomic E-state index is 12.9. The summed E-state index contributed by atoms with van der Waals surface area (Å²) in [5.74, 6) is 0.231. The average Bonchev–Trinajstić information content (AvgIpc) is 3.01. The van der Waals surface area contributed by atoms with Gasteiger partial charge in [-0.05, 0) is 43.8 Å². The van der Waals surface area contributed by atoms with Gasteiger partial charge in [-0.1, -0.05) is 12.1 Å². The molecule has 3 aromatic rings. The molecule has 29 heavy (non-hydrogen) atoms. The number of nitrogens with one attached hydrogen (secondary N) is 2. The van der Waals surface area contributed by atoms with Crippen molar-refractivity contribution in [2.24, 2.45) is 4.36 Å². The number of aromatic nitrogens is 3. The monoisotopic (exact) mass is 412 g/mol. The normalized spacial score (nSPS) is 12.7. The largest absolute Gasteiger partial charge is 0.463 e. The Hall–Kier alpha value is -3.75. The molecule has 3 rings (SSSR count). The lowest BCUT2D eigenvalue weighted by Crippen LogP contribution is -2.21. The smallest absolute Gasteiger partial charge is 0.440 e. The fourth-order valence-electron chi connectivity index (χ4n) is 2.75. The first-order valence-electron chi connectivity index (χ1n) is 8.26. The Labute approximate surface area is 165 Å². The number of aryl methyl sites for hydroxylation is 1. The Morgan fingerprint density at radius 1 is 1.31 bits per heavy atom. The molecular formula is C18H16N6O4S. The van der Waals surface area contributed by atoms with Crippen molar-refractivity contribution in [3.63, 3.8) is 0 Å². The molecule has 3 N–H and O–H groups in total. The first-order chi connectivity index (χ1) is 13.8. The lowest BCUT2D eigenvalue weighted by molar-refractivity contribution is 0.206. The number of rotatable bonds is 4. The fraction of sp³-hybridized carbons (Fsp3) is 0.111. The Morgan fingerprint density at radius 3 is 2.52 bits per heavy atom. The lowest BCUT2D eigenvalue weighted by atomic mass is 10.1. The number of benzene rings is 1. The molecule has 0 fully saturated rings. The van der Waals surface area contributed by atoms with E-state index in [-0.39, 0.29) is 16.3 Å². The molecule has 0 spiro atoms. The second kappa shape index (κ2) is 7.70. The van der Waals surface area contributed by atoms with Crippen LogP contribution in [-0.4, -0.2) is 37.2 Å². The van der Waals surface area contributed by atoms with Crippen molar-refractivity contribution in [3.8, 4) is 23.0 Å². The summed E-state index contributed by atoms with van der Waals surface area (Å²) in [4.78, 5) is 27.9. The Bertz CT molecular complexity index is 1290. The van der Waals surface area contributed by atoms with E-state index >= 15 is 0 Å². The van der Waals surface area contributed by atoms with E-state index in [1.54, 1.807) is 31.2 Å². The standard InChI is InChI=1S/C18H16N6O4S/c1-11-16(13-5-3-12(9-19)4-6-13)17(25)24(22-11)15-8-7-14(10-21-15)29(28,20-2)23-18(26)27/h3-8,10,22H,1-2H3,(H,26,27)(H,20,23,28). The number of nitrogens with zero attached hydrogens (tertiary/aromatic N) is 4. The molecule has 2 heterocycles. The van der Waals surface area contributed by atoms with E-state index < -0.39 is 16.0 Å². The van der Waals surface area contributed by atoms with Crippen LogP contribution in [0.25, 0.3) is 16.9 Å². The van der Waals surface area contributed by atoms with Crippen molar-refractivity contribution in [1.29, 1.82) is 5.26 Å². The van der Waals surface area contributed by atoms with E-state index in [0.29, 0.717) is 22.4 Å². The van der Waals surface area contributed by atoms with Gasteiger partial charge in [-0.25, -0.2) is 23.4 Å². The van der Waals surface area contributed by atoms with Crippen molar-refractivity contribution in [2.45, 2.75) is 11.8 Å². The third-order valence-corrected chi connectivity index (χ3v) is 5.97. The summed E-state index contributed by atoms with van der Waals surface area (Å²) in [7, 11) is -2.05. The highest BCUT2D eigenvalue weighted by atomic mass is 32.2. The molecule has 148 valence electrons. The number of nitriles is 1. The molecule has 0 saturated carbocycles. The van der Waals surface area contributed by atoms with Gasteiger partial charge in [0, 0.05) is 11.9 Å². The van der Waals surface area contributed by atoms with Crippen LogP contribution in [0.4, 0.5) is 4.79 Å². The van der Waals surface area contributed by atoms with Gasteiger partial charge < -0.3 is 5.11 Å². The number of carbonyl (C=O) groups is 1. The lowest BCUT2D eigenvalue weighted by Gasteiger charge is -2.08. The van der Waals surface area contributed by atoms with Gasteiger partial charge in [0.15, 0.2) is 5.82 Å². The molecule has 2 aromatic heterocycles. The van der Waals surface area contributed by atoms with E-state index in [4.69, 9.17) is 10.4 Å². The van der Waals surface area contributed by atoms with E-state index in [2.05, 4.69) is 19.2 Å². The van der Waals surface area contributed by atoms with Crippen LogP contribution in [0.3, 0.4) is 0 Å². The SMILES string of the molecule is CNS(=O)(=NC(=O)O)c1ccc(-n2[nH]c(C)c(-c3ccc(C#N)cc3)c2=O)nc1. The third kappa shape index (κ3) is 3.79. The van der Waals surface area contributed by atoms with Crippen LogP contribution in [0.15, 0.2) is 56.6 Å². The van der Waals surface area contributed by atoms with Gasteiger partial charge in [0.1, 0.15) is 9.92 Å². The summed E-state index contributed by atoms with van der Waals surface area (Å²) in [6.07, 6.45) is -0.373. The minimum Gasteiger partial charge on any atom is -0.463 e. The van der Waals surface area contributed by atoms with Crippen LogP contribution in [0.5, 0.6) is 0 Å². The molecule has 0 radical (unpaired) electrons. The highest BCUT2D eigenvalue weighted by molar-refractivity contribution is 7.92. The van der Waals surface area contributed by atoms with Gasteiger partial charge in [-0.2, -0.15) is 5.26 Å². The van der Waals surface area contributed by atoms with E-state index in [1.807, 2.05) is 6.07 Å².